The average molecular weight is 431 g/mol. The summed E-state index contributed by atoms with van der Waals surface area (Å²) in [5, 5.41) is 15.7. The molecule has 158 valence electrons. The van der Waals surface area contributed by atoms with Crippen molar-refractivity contribution in [3.05, 3.63) is 84.2 Å². The van der Waals surface area contributed by atoms with Crippen molar-refractivity contribution in [3.8, 4) is 23.1 Å². The van der Waals surface area contributed by atoms with Crippen LogP contribution < -0.4 is 5.32 Å². The number of anilines is 1. The molecule has 0 aliphatic heterocycles. The SMILES string of the molecule is CC(F)(F)c1cc(-c2cccnc2)nn1-c1ccc(C(=O)Nc2ccc(C#N)nc2)cn1. The monoisotopic (exact) mass is 431 g/mol. The molecule has 0 fully saturated rings. The molecule has 0 saturated heterocycles. The molecular weight excluding hydrogens is 416 g/mol. The fraction of sp³-hybridized carbons (Fsp3) is 0.0909. The molecule has 0 radical (unpaired) electrons. The van der Waals surface area contributed by atoms with E-state index < -0.39 is 11.8 Å². The molecule has 0 unspecified atom stereocenters. The van der Waals surface area contributed by atoms with Gasteiger partial charge in [0.15, 0.2) is 5.82 Å². The Morgan fingerprint density at radius 1 is 1.12 bits per heavy atom. The average Bonchev–Trinajstić information content (AvgIpc) is 3.27. The van der Waals surface area contributed by atoms with E-state index in [0.29, 0.717) is 16.9 Å². The van der Waals surface area contributed by atoms with Crippen LogP contribution in [0.1, 0.15) is 28.7 Å². The molecule has 0 aliphatic rings. The third kappa shape index (κ3) is 4.32. The van der Waals surface area contributed by atoms with Gasteiger partial charge in [0.1, 0.15) is 17.5 Å². The van der Waals surface area contributed by atoms with Gasteiger partial charge in [0, 0.05) is 31.1 Å². The Kier molecular flexibility index (Phi) is 5.39. The molecule has 32 heavy (non-hydrogen) atoms. The van der Waals surface area contributed by atoms with E-state index in [1.54, 1.807) is 24.4 Å². The summed E-state index contributed by atoms with van der Waals surface area (Å²) >= 11 is 0. The number of hydrogen-bond acceptors (Lipinski definition) is 6. The molecule has 4 rings (SSSR count). The molecule has 1 N–H and O–H groups in total. The summed E-state index contributed by atoms with van der Waals surface area (Å²) in [6.07, 6.45) is 5.74. The zero-order chi connectivity index (χ0) is 22.7. The number of halogens is 2. The number of hydrogen-bond donors (Lipinski definition) is 1. The zero-order valence-electron chi connectivity index (χ0n) is 16.7. The van der Waals surface area contributed by atoms with Gasteiger partial charge >= 0.3 is 0 Å². The van der Waals surface area contributed by atoms with Gasteiger partial charge in [0.25, 0.3) is 11.8 Å². The van der Waals surface area contributed by atoms with Crippen LogP contribution in [0.5, 0.6) is 0 Å². The third-order valence-corrected chi connectivity index (χ3v) is 4.48. The van der Waals surface area contributed by atoms with E-state index in [9.17, 15) is 13.6 Å². The van der Waals surface area contributed by atoms with E-state index in [2.05, 4.69) is 25.4 Å². The summed E-state index contributed by atoms with van der Waals surface area (Å²) in [5.74, 6) is -3.50. The van der Waals surface area contributed by atoms with Crippen LogP contribution in [-0.4, -0.2) is 30.6 Å². The number of amides is 1. The van der Waals surface area contributed by atoms with Crippen LogP contribution in [-0.2, 0) is 5.92 Å². The van der Waals surface area contributed by atoms with Crippen LogP contribution in [0.4, 0.5) is 14.5 Å². The van der Waals surface area contributed by atoms with E-state index in [4.69, 9.17) is 5.26 Å². The molecule has 0 aliphatic carbocycles. The zero-order valence-corrected chi connectivity index (χ0v) is 16.7. The van der Waals surface area contributed by atoms with E-state index in [1.165, 1.54) is 42.9 Å². The first-order chi connectivity index (χ1) is 15.3. The standard InChI is InChI=1S/C22H15F2N7O/c1-22(23,24)19-9-18(14-3-2-8-26-11-14)30-31(19)20-7-4-15(12-28-20)21(32)29-17-6-5-16(10-25)27-13-17/h2-9,11-13H,1H3,(H,29,32). The molecular formula is C22H15F2N7O. The van der Waals surface area contributed by atoms with Crippen molar-refractivity contribution in [1.29, 1.82) is 5.26 Å². The van der Waals surface area contributed by atoms with Gasteiger partial charge in [-0.1, -0.05) is 0 Å². The molecule has 8 nitrogen and oxygen atoms in total. The van der Waals surface area contributed by atoms with Gasteiger partial charge in [-0.25, -0.2) is 14.6 Å². The van der Waals surface area contributed by atoms with Crippen molar-refractivity contribution in [1.82, 2.24) is 24.7 Å². The summed E-state index contributed by atoms with van der Waals surface area (Å²) in [6, 6.07) is 12.5. The highest BCUT2D eigenvalue weighted by molar-refractivity contribution is 6.04. The second kappa shape index (κ2) is 8.31. The van der Waals surface area contributed by atoms with Gasteiger partial charge in [-0.15, -0.1) is 0 Å². The number of nitrogens with zero attached hydrogens (tertiary/aromatic N) is 6. The van der Waals surface area contributed by atoms with Crippen LogP contribution >= 0.6 is 0 Å². The largest absolute Gasteiger partial charge is 0.321 e. The summed E-state index contributed by atoms with van der Waals surface area (Å²) in [5.41, 5.74) is 1.41. The maximum Gasteiger partial charge on any atom is 0.287 e. The molecule has 4 heterocycles. The number of alkyl halides is 2. The highest BCUT2D eigenvalue weighted by Gasteiger charge is 2.31. The van der Waals surface area contributed by atoms with Crippen molar-refractivity contribution >= 4 is 11.6 Å². The van der Waals surface area contributed by atoms with Gasteiger partial charge in [-0.05, 0) is 42.5 Å². The van der Waals surface area contributed by atoms with Crippen molar-refractivity contribution in [3.63, 3.8) is 0 Å². The lowest BCUT2D eigenvalue weighted by molar-refractivity contribution is 0.0101. The minimum Gasteiger partial charge on any atom is -0.321 e. The van der Waals surface area contributed by atoms with Crippen molar-refractivity contribution in [2.75, 3.05) is 5.32 Å². The van der Waals surface area contributed by atoms with Crippen molar-refractivity contribution in [2.24, 2.45) is 0 Å². The number of carbonyl (C=O) groups is 1. The lowest BCUT2D eigenvalue weighted by Crippen LogP contribution is -2.16. The second-order valence-electron chi connectivity index (χ2n) is 6.86. The predicted octanol–water partition coefficient (Wildman–Crippen LogP) is 3.96. The van der Waals surface area contributed by atoms with E-state index in [-0.39, 0.29) is 22.8 Å². The molecule has 0 aromatic carbocycles. The van der Waals surface area contributed by atoms with Gasteiger partial charge in [0.05, 0.1) is 23.1 Å². The van der Waals surface area contributed by atoms with E-state index >= 15 is 0 Å². The maximum atomic E-state index is 14.2. The summed E-state index contributed by atoms with van der Waals surface area (Å²) in [6.45, 7) is 0.779. The Morgan fingerprint density at radius 3 is 2.56 bits per heavy atom. The number of rotatable bonds is 5. The minimum absolute atomic E-state index is 0.133. The Bertz CT molecular complexity index is 1290. The van der Waals surface area contributed by atoms with E-state index in [0.717, 1.165) is 11.6 Å². The van der Waals surface area contributed by atoms with E-state index in [1.807, 2.05) is 6.07 Å². The van der Waals surface area contributed by atoms with Crippen LogP contribution in [0.15, 0.2) is 67.3 Å². The molecule has 1 amide bonds. The first-order valence-corrected chi connectivity index (χ1v) is 9.38. The lowest BCUT2D eigenvalue weighted by Gasteiger charge is -2.12. The highest BCUT2D eigenvalue weighted by atomic mass is 19.3. The predicted molar refractivity (Wildman–Crippen MR) is 111 cm³/mol. The van der Waals surface area contributed by atoms with Crippen LogP contribution in [0.2, 0.25) is 0 Å². The first-order valence-electron chi connectivity index (χ1n) is 9.38. The molecule has 4 aromatic heterocycles. The van der Waals surface area contributed by atoms with Gasteiger partial charge < -0.3 is 5.32 Å². The minimum atomic E-state index is -3.17. The number of nitrogens with one attached hydrogen (secondary N) is 1. The maximum absolute atomic E-state index is 14.2. The summed E-state index contributed by atoms with van der Waals surface area (Å²) in [7, 11) is 0. The second-order valence-corrected chi connectivity index (χ2v) is 6.86. The normalized spacial score (nSPS) is 11.1. The Labute approximate surface area is 181 Å². The fourth-order valence-corrected chi connectivity index (χ4v) is 2.91. The number of aromatic nitrogens is 5. The molecule has 10 heteroatoms. The van der Waals surface area contributed by atoms with Gasteiger partial charge in [-0.3, -0.25) is 9.78 Å². The Balaban J connectivity index is 1.61. The Hall–Kier alpha value is -4.52. The molecule has 0 bridgehead atoms. The molecule has 0 atom stereocenters. The topological polar surface area (TPSA) is 109 Å². The molecule has 4 aromatic rings. The summed E-state index contributed by atoms with van der Waals surface area (Å²) < 4.78 is 29.5. The third-order valence-electron chi connectivity index (χ3n) is 4.48. The quantitative estimate of drug-likeness (QED) is 0.512. The number of nitriles is 1. The van der Waals surface area contributed by atoms with Gasteiger partial charge in [0.2, 0.25) is 0 Å². The van der Waals surface area contributed by atoms with Crippen LogP contribution in [0.3, 0.4) is 0 Å². The summed E-state index contributed by atoms with van der Waals surface area (Å²) in [4.78, 5) is 24.5. The number of pyridine rings is 3. The van der Waals surface area contributed by atoms with Gasteiger partial charge in [-0.2, -0.15) is 19.1 Å². The van der Waals surface area contributed by atoms with Crippen LogP contribution in [0, 0.1) is 11.3 Å². The molecule has 0 saturated carbocycles. The Morgan fingerprint density at radius 2 is 1.97 bits per heavy atom. The van der Waals surface area contributed by atoms with Crippen LogP contribution in [0.25, 0.3) is 17.1 Å². The van der Waals surface area contributed by atoms with Crippen molar-refractivity contribution in [2.45, 2.75) is 12.8 Å². The van der Waals surface area contributed by atoms with Crippen molar-refractivity contribution < 1.29 is 13.6 Å². The lowest BCUT2D eigenvalue weighted by atomic mass is 10.2. The molecule has 0 spiro atoms. The highest BCUT2D eigenvalue weighted by Crippen LogP contribution is 2.32. The smallest absolute Gasteiger partial charge is 0.287 e. The first kappa shape index (κ1) is 20.7. The number of carbonyl (C=O) groups excluding carboxylic acids is 1. The fourth-order valence-electron chi connectivity index (χ4n) is 2.91.